The molecule has 2 unspecified atom stereocenters. The Morgan fingerprint density at radius 1 is 1.17 bits per heavy atom. The summed E-state index contributed by atoms with van der Waals surface area (Å²) in [6.45, 7) is 5.31. The van der Waals surface area contributed by atoms with E-state index in [2.05, 4.69) is 20.8 Å². The molecule has 1 aliphatic carbocycles. The Kier molecular flexibility index (Phi) is 10.1. The maximum absolute atomic E-state index is 13.5. The molecule has 10 heteroatoms. The number of nitrogens with zero attached hydrogens (tertiary/aromatic N) is 4. The molecular formula is C26H34N6O4. The molecule has 0 radical (unpaired) electrons. The minimum absolute atomic E-state index is 0.0919. The highest BCUT2D eigenvalue weighted by Gasteiger charge is 2.30. The zero-order chi connectivity index (χ0) is 25.9. The summed E-state index contributed by atoms with van der Waals surface area (Å²) >= 11 is 0. The second kappa shape index (κ2) is 13.4. The van der Waals surface area contributed by atoms with E-state index in [-0.39, 0.29) is 24.5 Å². The van der Waals surface area contributed by atoms with Gasteiger partial charge in [-0.25, -0.2) is 4.79 Å². The number of rotatable bonds is 11. The van der Waals surface area contributed by atoms with Crippen molar-refractivity contribution in [3.8, 4) is 0 Å². The van der Waals surface area contributed by atoms with Gasteiger partial charge in [-0.05, 0) is 55.0 Å². The summed E-state index contributed by atoms with van der Waals surface area (Å²) in [5.74, 6) is 4.92. The van der Waals surface area contributed by atoms with Crippen molar-refractivity contribution in [2.45, 2.75) is 51.7 Å². The first-order valence-corrected chi connectivity index (χ1v) is 12.3. The van der Waals surface area contributed by atoms with E-state index in [0.29, 0.717) is 50.1 Å². The van der Waals surface area contributed by atoms with Crippen LogP contribution in [0.1, 0.15) is 55.5 Å². The van der Waals surface area contributed by atoms with Gasteiger partial charge in [0.1, 0.15) is 6.17 Å². The normalized spacial score (nSPS) is 19.4. The SMILES string of the molecule is CCCN(CCCN=O)C(=O)C1=CC2=CC=C(c3ccccc3C(=O)OCC)CC2NC(N=NN)C1. The lowest BCUT2D eigenvalue weighted by atomic mass is 9.87. The van der Waals surface area contributed by atoms with Crippen LogP contribution in [0.3, 0.4) is 0 Å². The van der Waals surface area contributed by atoms with E-state index in [9.17, 15) is 14.5 Å². The van der Waals surface area contributed by atoms with Gasteiger partial charge >= 0.3 is 5.97 Å². The molecule has 0 bridgehead atoms. The molecule has 2 atom stereocenters. The maximum atomic E-state index is 13.5. The van der Waals surface area contributed by atoms with Gasteiger partial charge in [0.25, 0.3) is 0 Å². The molecule has 192 valence electrons. The number of ether oxygens (including phenoxy) is 1. The topological polar surface area (TPSA) is 139 Å². The van der Waals surface area contributed by atoms with Crippen LogP contribution in [0.4, 0.5) is 0 Å². The predicted octanol–water partition coefficient (Wildman–Crippen LogP) is 3.91. The third kappa shape index (κ3) is 6.72. The molecule has 1 heterocycles. The van der Waals surface area contributed by atoms with E-state index >= 15 is 0 Å². The van der Waals surface area contributed by atoms with Gasteiger partial charge in [0.2, 0.25) is 5.91 Å². The number of allylic oxidation sites excluding steroid dienone is 2. The van der Waals surface area contributed by atoms with Crippen molar-refractivity contribution in [1.29, 1.82) is 0 Å². The monoisotopic (exact) mass is 494 g/mol. The minimum Gasteiger partial charge on any atom is -0.462 e. The first-order chi connectivity index (χ1) is 17.5. The van der Waals surface area contributed by atoms with E-state index < -0.39 is 6.17 Å². The number of benzene rings is 1. The van der Waals surface area contributed by atoms with Crippen LogP contribution in [-0.2, 0) is 9.53 Å². The van der Waals surface area contributed by atoms with Crippen LogP contribution >= 0.6 is 0 Å². The average Bonchev–Trinajstić information content (AvgIpc) is 3.07. The van der Waals surface area contributed by atoms with E-state index in [4.69, 9.17) is 10.6 Å². The van der Waals surface area contributed by atoms with Gasteiger partial charge in [-0.3, -0.25) is 10.1 Å². The third-order valence-electron chi connectivity index (χ3n) is 6.16. The molecule has 0 spiro atoms. The van der Waals surface area contributed by atoms with Gasteiger partial charge in [0, 0.05) is 31.1 Å². The van der Waals surface area contributed by atoms with Gasteiger partial charge < -0.3 is 15.5 Å². The van der Waals surface area contributed by atoms with Crippen molar-refractivity contribution < 1.29 is 14.3 Å². The lowest BCUT2D eigenvalue weighted by molar-refractivity contribution is -0.127. The van der Waals surface area contributed by atoms with Crippen LogP contribution in [0, 0.1) is 4.91 Å². The van der Waals surface area contributed by atoms with Crippen LogP contribution in [0.5, 0.6) is 0 Å². The lowest BCUT2D eigenvalue weighted by Crippen LogP contribution is -2.39. The summed E-state index contributed by atoms with van der Waals surface area (Å²) in [6, 6.07) is 7.23. The molecule has 1 amide bonds. The molecule has 10 nitrogen and oxygen atoms in total. The zero-order valence-corrected chi connectivity index (χ0v) is 20.9. The van der Waals surface area contributed by atoms with E-state index in [1.807, 2.05) is 43.4 Å². The number of hydrogen-bond acceptors (Lipinski definition) is 8. The lowest BCUT2D eigenvalue weighted by Gasteiger charge is -2.26. The maximum Gasteiger partial charge on any atom is 0.338 e. The average molecular weight is 495 g/mol. The summed E-state index contributed by atoms with van der Waals surface area (Å²) in [4.78, 5) is 38.2. The first kappa shape index (κ1) is 26.9. The molecule has 3 N–H and O–H groups in total. The van der Waals surface area contributed by atoms with Crippen molar-refractivity contribution in [3.05, 3.63) is 69.7 Å². The van der Waals surface area contributed by atoms with Gasteiger partial charge in [-0.2, -0.15) is 10.0 Å². The molecule has 1 aliphatic heterocycles. The standard InChI is InChI=1S/C26H34N6O4/c1-3-13-32(14-7-12-28-35)25(33)20-15-19-11-10-18(16-23(19)29-24(17-20)30-31-27)21-8-5-6-9-22(21)26(34)36-4-2/h5-6,8-11,15,23-24,29H,3-4,7,12-14,16-17H2,1-2H3,(H2,27,30). The Morgan fingerprint density at radius 2 is 1.97 bits per heavy atom. The number of fused-ring (bicyclic) bond motifs is 1. The number of carbonyl (C=O) groups is 2. The first-order valence-electron chi connectivity index (χ1n) is 12.3. The molecule has 0 fully saturated rings. The Balaban J connectivity index is 1.95. The molecule has 3 rings (SSSR count). The van der Waals surface area contributed by atoms with Crippen molar-refractivity contribution >= 4 is 17.4 Å². The minimum atomic E-state index is -0.485. The summed E-state index contributed by atoms with van der Waals surface area (Å²) < 4.78 is 5.24. The number of nitrogens with two attached hydrogens (primary N) is 1. The second-order valence-corrected chi connectivity index (χ2v) is 8.67. The van der Waals surface area contributed by atoms with Crippen molar-refractivity contribution in [1.82, 2.24) is 10.2 Å². The smallest absolute Gasteiger partial charge is 0.338 e. The van der Waals surface area contributed by atoms with Crippen molar-refractivity contribution in [2.24, 2.45) is 21.4 Å². The van der Waals surface area contributed by atoms with Gasteiger partial charge in [0.05, 0.1) is 18.7 Å². The van der Waals surface area contributed by atoms with Gasteiger partial charge in [0.15, 0.2) is 0 Å². The zero-order valence-electron chi connectivity index (χ0n) is 20.9. The molecule has 1 aromatic carbocycles. The molecule has 0 saturated carbocycles. The Labute approximate surface area is 211 Å². The number of nitroso groups, excluding NO2 is 1. The van der Waals surface area contributed by atoms with Crippen LogP contribution in [0.25, 0.3) is 5.57 Å². The van der Waals surface area contributed by atoms with E-state index in [1.54, 1.807) is 17.9 Å². The molecule has 0 aromatic heterocycles. The summed E-state index contributed by atoms with van der Waals surface area (Å²) in [7, 11) is 0. The van der Waals surface area contributed by atoms with E-state index in [1.165, 1.54) is 0 Å². The largest absolute Gasteiger partial charge is 0.462 e. The van der Waals surface area contributed by atoms with Gasteiger partial charge in [-0.1, -0.05) is 47.7 Å². The number of nitrogens with one attached hydrogen (secondary N) is 1. The van der Waals surface area contributed by atoms with Crippen molar-refractivity contribution in [2.75, 3.05) is 26.2 Å². The summed E-state index contributed by atoms with van der Waals surface area (Å²) in [5, 5.41) is 14.0. The molecular weight excluding hydrogens is 460 g/mol. The highest BCUT2D eigenvalue weighted by atomic mass is 16.5. The number of carbonyl (C=O) groups excluding carboxylic acids is 2. The van der Waals surface area contributed by atoms with Crippen LogP contribution < -0.4 is 11.2 Å². The summed E-state index contributed by atoms with van der Waals surface area (Å²) in [5.41, 5.74) is 3.84. The molecule has 36 heavy (non-hydrogen) atoms. The highest BCUT2D eigenvalue weighted by molar-refractivity contribution is 5.96. The fourth-order valence-electron chi connectivity index (χ4n) is 4.55. The Morgan fingerprint density at radius 3 is 2.69 bits per heavy atom. The number of amides is 1. The van der Waals surface area contributed by atoms with Crippen LogP contribution in [-0.4, -0.2) is 55.2 Å². The molecule has 0 saturated heterocycles. The Hall–Kier alpha value is -3.66. The summed E-state index contributed by atoms with van der Waals surface area (Å²) in [6.07, 6.45) is 7.61. The molecule has 2 aliphatic rings. The Bertz CT molecular complexity index is 1080. The number of esters is 1. The number of hydrogen-bond donors (Lipinski definition) is 2. The van der Waals surface area contributed by atoms with Crippen LogP contribution in [0.2, 0.25) is 0 Å². The van der Waals surface area contributed by atoms with Crippen molar-refractivity contribution in [3.63, 3.8) is 0 Å². The third-order valence-corrected chi connectivity index (χ3v) is 6.16. The van der Waals surface area contributed by atoms with Gasteiger partial charge in [-0.15, -0.1) is 0 Å². The molecule has 1 aromatic rings. The van der Waals surface area contributed by atoms with E-state index in [0.717, 1.165) is 23.1 Å². The predicted molar refractivity (Wildman–Crippen MR) is 138 cm³/mol. The fourth-order valence-corrected chi connectivity index (χ4v) is 4.55. The fraction of sp³-hybridized carbons (Fsp3) is 0.462. The second-order valence-electron chi connectivity index (χ2n) is 8.67. The quantitative estimate of drug-likeness (QED) is 0.119. The highest BCUT2D eigenvalue weighted by Crippen LogP contribution is 2.33. The van der Waals surface area contributed by atoms with Crippen LogP contribution in [0.15, 0.2) is 69.2 Å².